The third kappa shape index (κ3) is 3.93. The lowest BCUT2D eigenvalue weighted by atomic mass is 9.91. The number of benzene rings is 4. The van der Waals surface area contributed by atoms with Crippen LogP contribution in [0.2, 0.25) is 0 Å². The molecule has 0 aliphatic heterocycles. The van der Waals surface area contributed by atoms with E-state index in [0.717, 1.165) is 38.4 Å². The Balaban J connectivity index is 1.97. The Morgan fingerprint density at radius 3 is 1.62 bits per heavy atom. The molecule has 5 heteroatoms. The van der Waals surface area contributed by atoms with Gasteiger partial charge in [0.1, 0.15) is 17.1 Å². The zero-order valence-electron chi connectivity index (χ0n) is 16.7. The molecule has 0 fully saturated rings. The van der Waals surface area contributed by atoms with Crippen LogP contribution in [0.4, 0.5) is 0 Å². The van der Waals surface area contributed by atoms with Crippen molar-refractivity contribution in [2.75, 3.05) is 0 Å². The standard InChI is InChI=1S/C24H23BO4/c1-24(2,3)28-17-14-12-16(13-15-17)22-18-8-4-6-10-20(18)23(29-25(26)27)21-11-7-5-9-19(21)22/h4-15,26-27H,1-3H3. The summed E-state index contributed by atoms with van der Waals surface area (Å²) in [5.74, 6) is 1.28. The van der Waals surface area contributed by atoms with E-state index in [1.807, 2.05) is 81.4 Å². The molecule has 0 bridgehead atoms. The molecule has 2 N–H and O–H groups in total. The fourth-order valence-corrected chi connectivity index (χ4v) is 3.67. The van der Waals surface area contributed by atoms with Crippen molar-refractivity contribution in [1.82, 2.24) is 0 Å². The van der Waals surface area contributed by atoms with Gasteiger partial charge in [-0.25, -0.2) is 0 Å². The van der Waals surface area contributed by atoms with E-state index >= 15 is 0 Å². The molecular weight excluding hydrogens is 363 g/mol. The smallest absolute Gasteiger partial charge is 0.511 e. The fourth-order valence-electron chi connectivity index (χ4n) is 3.67. The van der Waals surface area contributed by atoms with Gasteiger partial charge in [0.25, 0.3) is 0 Å². The van der Waals surface area contributed by atoms with Gasteiger partial charge in [0.2, 0.25) is 0 Å². The molecule has 0 amide bonds. The summed E-state index contributed by atoms with van der Waals surface area (Å²) in [5.41, 5.74) is 1.86. The van der Waals surface area contributed by atoms with Crippen molar-refractivity contribution in [2.45, 2.75) is 26.4 Å². The Labute approximate surface area is 170 Å². The van der Waals surface area contributed by atoms with E-state index in [1.54, 1.807) is 0 Å². The highest BCUT2D eigenvalue weighted by Gasteiger charge is 2.20. The van der Waals surface area contributed by atoms with E-state index in [1.165, 1.54) is 0 Å². The van der Waals surface area contributed by atoms with Gasteiger partial charge in [0, 0.05) is 10.8 Å². The van der Waals surface area contributed by atoms with E-state index in [4.69, 9.17) is 9.39 Å². The second kappa shape index (κ2) is 7.43. The van der Waals surface area contributed by atoms with Gasteiger partial charge in [-0.2, -0.15) is 0 Å². The van der Waals surface area contributed by atoms with E-state index < -0.39 is 7.32 Å². The SMILES string of the molecule is CC(C)(C)Oc1ccc(-c2c3ccccc3c(OB(O)O)c3ccccc23)cc1. The van der Waals surface area contributed by atoms with Crippen LogP contribution in [-0.2, 0) is 0 Å². The third-order valence-electron chi connectivity index (χ3n) is 4.67. The normalized spacial score (nSPS) is 11.6. The summed E-state index contributed by atoms with van der Waals surface area (Å²) in [6, 6.07) is 23.7. The molecule has 0 unspecified atom stereocenters. The molecule has 0 heterocycles. The van der Waals surface area contributed by atoms with Crippen molar-refractivity contribution in [1.29, 1.82) is 0 Å². The summed E-state index contributed by atoms with van der Waals surface area (Å²) in [5, 5.41) is 22.5. The van der Waals surface area contributed by atoms with Crippen LogP contribution in [-0.4, -0.2) is 23.0 Å². The van der Waals surface area contributed by atoms with E-state index in [9.17, 15) is 10.0 Å². The molecule has 4 aromatic carbocycles. The van der Waals surface area contributed by atoms with Crippen molar-refractivity contribution in [3.63, 3.8) is 0 Å². The molecule has 0 aromatic heterocycles. The molecular formula is C24H23BO4. The van der Waals surface area contributed by atoms with Crippen LogP contribution in [0, 0.1) is 0 Å². The Bertz CT molecular complexity index is 1100. The Morgan fingerprint density at radius 2 is 1.17 bits per heavy atom. The monoisotopic (exact) mass is 386 g/mol. The second-order valence-corrected chi connectivity index (χ2v) is 7.98. The van der Waals surface area contributed by atoms with Gasteiger partial charge in [0.05, 0.1) is 0 Å². The first-order chi connectivity index (χ1) is 13.8. The van der Waals surface area contributed by atoms with Gasteiger partial charge in [-0.1, -0.05) is 60.7 Å². The summed E-state index contributed by atoms with van der Waals surface area (Å²) in [6.07, 6.45) is 0. The lowest BCUT2D eigenvalue weighted by Gasteiger charge is -2.22. The molecule has 0 atom stereocenters. The van der Waals surface area contributed by atoms with Crippen molar-refractivity contribution in [3.8, 4) is 22.6 Å². The van der Waals surface area contributed by atoms with E-state index in [2.05, 4.69) is 12.1 Å². The maximum atomic E-state index is 9.45. The lowest BCUT2D eigenvalue weighted by Crippen LogP contribution is -2.22. The average molecular weight is 386 g/mol. The maximum Gasteiger partial charge on any atom is 0.707 e. The van der Waals surface area contributed by atoms with Gasteiger partial charge in [-0.05, 0) is 54.8 Å². The largest absolute Gasteiger partial charge is 0.707 e. The molecule has 4 nitrogen and oxygen atoms in total. The Hall–Kier alpha value is -3.02. The van der Waals surface area contributed by atoms with Gasteiger partial charge < -0.3 is 19.4 Å². The molecule has 0 spiro atoms. The van der Waals surface area contributed by atoms with Crippen LogP contribution < -0.4 is 9.39 Å². The zero-order valence-corrected chi connectivity index (χ0v) is 16.7. The van der Waals surface area contributed by atoms with Crippen LogP contribution in [0.15, 0.2) is 72.8 Å². The average Bonchev–Trinajstić information content (AvgIpc) is 2.67. The topological polar surface area (TPSA) is 58.9 Å². The minimum Gasteiger partial charge on any atom is -0.511 e. The van der Waals surface area contributed by atoms with Crippen LogP contribution in [0.1, 0.15) is 20.8 Å². The predicted octanol–water partition coefficient (Wildman–Crippen LogP) is 5.19. The predicted molar refractivity (Wildman–Crippen MR) is 118 cm³/mol. The molecule has 0 saturated carbocycles. The van der Waals surface area contributed by atoms with Crippen LogP contribution in [0.25, 0.3) is 32.7 Å². The molecule has 4 rings (SSSR count). The summed E-state index contributed by atoms with van der Waals surface area (Å²) in [4.78, 5) is 0. The van der Waals surface area contributed by atoms with Gasteiger partial charge in [-0.3, -0.25) is 0 Å². The van der Waals surface area contributed by atoms with Crippen LogP contribution in [0.5, 0.6) is 11.5 Å². The third-order valence-corrected chi connectivity index (χ3v) is 4.67. The van der Waals surface area contributed by atoms with E-state index in [0.29, 0.717) is 5.75 Å². The molecule has 0 aliphatic carbocycles. The molecule has 0 aliphatic rings. The summed E-state index contributed by atoms with van der Waals surface area (Å²) < 4.78 is 11.4. The Kier molecular flexibility index (Phi) is 4.95. The number of hydrogen-bond donors (Lipinski definition) is 2. The highest BCUT2D eigenvalue weighted by atomic mass is 16.6. The van der Waals surface area contributed by atoms with Gasteiger partial charge in [0.15, 0.2) is 0 Å². The number of rotatable bonds is 4. The molecule has 0 radical (unpaired) electrons. The summed E-state index contributed by atoms with van der Waals surface area (Å²) >= 11 is 0. The molecule has 146 valence electrons. The van der Waals surface area contributed by atoms with Gasteiger partial charge in [-0.15, -0.1) is 0 Å². The lowest BCUT2D eigenvalue weighted by molar-refractivity contribution is 0.131. The number of ether oxygens (including phenoxy) is 1. The second-order valence-electron chi connectivity index (χ2n) is 7.98. The quantitative estimate of drug-likeness (QED) is 0.375. The fraction of sp³-hybridized carbons (Fsp3) is 0.167. The summed E-state index contributed by atoms with van der Waals surface area (Å²) in [6.45, 7) is 6.07. The maximum absolute atomic E-state index is 9.45. The van der Waals surface area contributed by atoms with Gasteiger partial charge >= 0.3 is 7.32 Å². The first-order valence-electron chi connectivity index (χ1n) is 9.59. The highest BCUT2D eigenvalue weighted by Crippen LogP contribution is 2.43. The first kappa shape index (κ1) is 19.3. The van der Waals surface area contributed by atoms with Crippen molar-refractivity contribution in [2.24, 2.45) is 0 Å². The van der Waals surface area contributed by atoms with Crippen LogP contribution in [0.3, 0.4) is 0 Å². The Morgan fingerprint density at radius 1 is 0.690 bits per heavy atom. The van der Waals surface area contributed by atoms with E-state index in [-0.39, 0.29) is 5.60 Å². The minimum absolute atomic E-state index is 0.259. The first-order valence-corrected chi connectivity index (χ1v) is 9.59. The van der Waals surface area contributed by atoms with Crippen LogP contribution >= 0.6 is 0 Å². The number of hydrogen-bond acceptors (Lipinski definition) is 4. The van der Waals surface area contributed by atoms with Crippen molar-refractivity contribution in [3.05, 3.63) is 72.8 Å². The zero-order chi connectivity index (χ0) is 20.6. The minimum atomic E-state index is -1.89. The van der Waals surface area contributed by atoms with Crippen molar-refractivity contribution >= 4 is 28.9 Å². The van der Waals surface area contributed by atoms with Crippen molar-refractivity contribution < 1.29 is 19.4 Å². The highest BCUT2D eigenvalue weighted by molar-refractivity contribution is 6.35. The molecule has 4 aromatic rings. The summed E-state index contributed by atoms with van der Waals surface area (Å²) in [7, 11) is -1.89. The molecule has 0 saturated heterocycles. The number of fused-ring (bicyclic) bond motifs is 2. The molecule has 29 heavy (non-hydrogen) atoms.